The second-order valence-electron chi connectivity index (χ2n) is 3.01. The predicted octanol–water partition coefficient (Wildman–Crippen LogP) is 1.07. The molecule has 0 aliphatic heterocycles. The number of nitrogens with zero attached hydrogens (tertiary/aromatic N) is 2. The van der Waals surface area contributed by atoms with E-state index in [4.69, 9.17) is 4.74 Å². The Hall–Kier alpha value is -2.37. The van der Waals surface area contributed by atoms with Gasteiger partial charge in [-0.3, -0.25) is 4.79 Å². The van der Waals surface area contributed by atoms with Crippen molar-refractivity contribution in [1.29, 1.82) is 0 Å². The highest BCUT2D eigenvalue weighted by Crippen LogP contribution is 2.23. The Kier molecular flexibility index (Phi) is 2.81. The van der Waals surface area contributed by atoms with Crippen molar-refractivity contribution >= 4 is 11.6 Å². The minimum atomic E-state index is -0.335. The second kappa shape index (κ2) is 4.43. The molecule has 1 aromatic heterocycles. The minimum Gasteiger partial charge on any atom is -0.495 e. The van der Waals surface area contributed by atoms with E-state index < -0.39 is 0 Å². The standard InChI is InChI=1S/C10H10N4O2/c1-16-9-5-3-2-4-7(9)12-10(15)8-6-11-14-13-8/h2-6H,1H3,(H,12,15)(H,11,13,14). The molecule has 1 heterocycles. The molecule has 0 fully saturated rings. The van der Waals surface area contributed by atoms with E-state index in [1.807, 2.05) is 6.07 Å². The molecule has 1 amide bonds. The van der Waals surface area contributed by atoms with Gasteiger partial charge in [0.25, 0.3) is 5.91 Å². The molecular formula is C10H10N4O2. The summed E-state index contributed by atoms with van der Waals surface area (Å²) in [6.45, 7) is 0. The van der Waals surface area contributed by atoms with Gasteiger partial charge >= 0.3 is 0 Å². The first kappa shape index (κ1) is 10.2. The topological polar surface area (TPSA) is 79.9 Å². The molecule has 0 unspecified atom stereocenters. The first-order valence-corrected chi connectivity index (χ1v) is 4.61. The summed E-state index contributed by atoms with van der Waals surface area (Å²) in [5, 5.41) is 12.3. The largest absolute Gasteiger partial charge is 0.495 e. The smallest absolute Gasteiger partial charge is 0.277 e. The Balaban J connectivity index is 2.18. The van der Waals surface area contributed by atoms with Crippen LogP contribution >= 0.6 is 0 Å². The normalized spacial score (nSPS) is 9.81. The average Bonchev–Trinajstić information content (AvgIpc) is 2.83. The number of carbonyl (C=O) groups excluding carboxylic acids is 1. The fraction of sp³-hybridized carbons (Fsp3) is 0.100. The van der Waals surface area contributed by atoms with Gasteiger partial charge in [0.2, 0.25) is 0 Å². The summed E-state index contributed by atoms with van der Waals surface area (Å²) in [5.74, 6) is 0.262. The van der Waals surface area contributed by atoms with Gasteiger partial charge in [0.05, 0.1) is 19.0 Å². The summed E-state index contributed by atoms with van der Waals surface area (Å²) in [5.41, 5.74) is 0.823. The number of ether oxygens (including phenoxy) is 1. The van der Waals surface area contributed by atoms with E-state index >= 15 is 0 Å². The van der Waals surface area contributed by atoms with Crippen LogP contribution in [0.1, 0.15) is 10.5 Å². The number of hydrogen-bond donors (Lipinski definition) is 2. The van der Waals surface area contributed by atoms with Gasteiger partial charge in [0, 0.05) is 0 Å². The fourth-order valence-corrected chi connectivity index (χ4v) is 1.25. The molecule has 2 aromatic rings. The molecule has 2 N–H and O–H groups in total. The van der Waals surface area contributed by atoms with E-state index in [9.17, 15) is 4.79 Å². The van der Waals surface area contributed by atoms with Crippen LogP contribution in [0.5, 0.6) is 5.75 Å². The number of methoxy groups -OCH3 is 1. The molecule has 0 atom stereocenters. The maximum atomic E-state index is 11.7. The van der Waals surface area contributed by atoms with Gasteiger partial charge < -0.3 is 10.1 Å². The summed E-state index contributed by atoms with van der Waals surface area (Å²) in [6, 6.07) is 7.14. The number of amides is 1. The van der Waals surface area contributed by atoms with Crippen LogP contribution in [0, 0.1) is 0 Å². The number of H-pyrrole nitrogens is 1. The lowest BCUT2D eigenvalue weighted by Crippen LogP contribution is -2.13. The lowest BCUT2D eigenvalue weighted by atomic mass is 10.3. The van der Waals surface area contributed by atoms with Crippen LogP contribution in [0.25, 0.3) is 0 Å². The van der Waals surface area contributed by atoms with Gasteiger partial charge in [0.1, 0.15) is 5.75 Å². The third-order valence-corrected chi connectivity index (χ3v) is 2.00. The quantitative estimate of drug-likeness (QED) is 0.807. The zero-order valence-corrected chi connectivity index (χ0v) is 8.60. The van der Waals surface area contributed by atoms with Crippen LogP contribution < -0.4 is 10.1 Å². The molecule has 6 heteroatoms. The molecule has 2 rings (SSSR count). The maximum Gasteiger partial charge on any atom is 0.277 e. The second-order valence-corrected chi connectivity index (χ2v) is 3.01. The molecule has 0 saturated carbocycles. The molecular weight excluding hydrogens is 208 g/mol. The number of anilines is 1. The number of para-hydroxylation sites is 2. The van der Waals surface area contributed by atoms with Gasteiger partial charge in [-0.05, 0) is 12.1 Å². The lowest BCUT2D eigenvalue weighted by Gasteiger charge is -2.07. The molecule has 82 valence electrons. The van der Waals surface area contributed by atoms with Gasteiger partial charge in [-0.2, -0.15) is 15.4 Å². The third kappa shape index (κ3) is 2.00. The van der Waals surface area contributed by atoms with Gasteiger partial charge in [-0.25, -0.2) is 0 Å². The molecule has 16 heavy (non-hydrogen) atoms. The number of carbonyl (C=O) groups is 1. The third-order valence-electron chi connectivity index (χ3n) is 2.00. The van der Waals surface area contributed by atoms with Crippen LogP contribution in [-0.2, 0) is 0 Å². The molecule has 0 radical (unpaired) electrons. The highest BCUT2D eigenvalue weighted by Gasteiger charge is 2.10. The van der Waals surface area contributed by atoms with Crippen LogP contribution in [0.3, 0.4) is 0 Å². The fourth-order valence-electron chi connectivity index (χ4n) is 1.25. The monoisotopic (exact) mass is 218 g/mol. The molecule has 0 bridgehead atoms. The van der Waals surface area contributed by atoms with Crippen molar-refractivity contribution in [3.63, 3.8) is 0 Å². The van der Waals surface area contributed by atoms with Gasteiger partial charge in [-0.15, -0.1) is 0 Å². The van der Waals surface area contributed by atoms with Crippen molar-refractivity contribution in [2.45, 2.75) is 0 Å². The minimum absolute atomic E-state index is 0.228. The number of aromatic amines is 1. The van der Waals surface area contributed by atoms with E-state index in [0.29, 0.717) is 11.4 Å². The zero-order valence-electron chi connectivity index (χ0n) is 8.60. The van der Waals surface area contributed by atoms with Gasteiger partial charge in [-0.1, -0.05) is 12.1 Å². The Morgan fingerprint density at radius 3 is 2.94 bits per heavy atom. The van der Waals surface area contributed by atoms with E-state index in [-0.39, 0.29) is 11.6 Å². The van der Waals surface area contributed by atoms with Crippen LogP contribution in [0.2, 0.25) is 0 Å². The first-order chi connectivity index (χ1) is 7.81. The first-order valence-electron chi connectivity index (χ1n) is 4.61. The molecule has 0 aliphatic carbocycles. The van der Waals surface area contributed by atoms with Crippen molar-refractivity contribution in [2.75, 3.05) is 12.4 Å². The van der Waals surface area contributed by atoms with Crippen molar-refractivity contribution < 1.29 is 9.53 Å². The van der Waals surface area contributed by atoms with E-state index in [2.05, 4.69) is 20.7 Å². The van der Waals surface area contributed by atoms with Gasteiger partial charge in [0.15, 0.2) is 5.69 Å². The summed E-state index contributed by atoms with van der Waals surface area (Å²) >= 11 is 0. The number of rotatable bonds is 3. The highest BCUT2D eigenvalue weighted by atomic mass is 16.5. The number of benzene rings is 1. The number of aromatic nitrogens is 3. The summed E-state index contributed by atoms with van der Waals surface area (Å²) in [7, 11) is 1.54. The Labute approximate surface area is 91.6 Å². The Morgan fingerprint density at radius 2 is 2.25 bits per heavy atom. The van der Waals surface area contributed by atoms with Crippen molar-refractivity contribution in [2.24, 2.45) is 0 Å². The summed E-state index contributed by atoms with van der Waals surface area (Å²) < 4.78 is 5.10. The maximum absolute atomic E-state index is 11.7. The molecule has 0 saturated heterocycles. The number of nitrogens with one attached hydrogen (secondary N) is 2. The zero-order chi connectivity index (χ0) is 11.4. The van der Waals surface area contributed by atoms with E-state index in [0.717, 1.165) is 0 Å². The summed E-state index contributed by atoms with van der Waals surface area (Å²) in [4.78, 5) is 11.7. The van der Waals surface area contributed by atoms with Crippen LogP contribution in [-0.4, -0.2) is 28.4 Å². The lowest BCUT2D eigenvalue weighted by molar-refractivity contribution is 0.102. The van der Waals surface area contributed by atoms with Crippen LogP contribution in [0.15, 0.2) is 30.5 Å². The van der Waals surface area contributed by atoms with Crippen molar-refractivity contribution in [1.82, 2.24) is 15.4 Å². The Bertz CT molecular complexity index is 481. The van der Waals surface area contributed by atoms with E-state index in [1.54, 1.807) is 25.3 Å². The molecule has 1 aromatic carbocycles. The Morgan fingerprint density at radius 1 is 1.44 bits per heavy atom. The highest BCUT2D eigenvalue weighted by molar-refractivity contribution is 6.03. The summed E-state index contributed by atoms with van der Waals surface area (Å²) in [6.07, 6.45) is 1.35. The molecule has 0 spiro atoms. The number of hydrogen-bond acceptors (Lipinski definition) is 4. The van der Waals surface area contributed by atoms with Crippen LogP contribution in [0.4, 0.5) is 5.69 Å². The average molecular weight is 218 g/mol. The van der Waals surface area contributed by atoms with E-state index in [1.165, 1.54) is 6.20 Å². The molecule has 6 nitrogen and oxygen atoms in total. The van der Waals surface area contributed by atoms with Crippen molar-refractivity contribution in [3.8, 4) is 5.75 Å². The SMILES string of the molecule is COc1ccccc1NC(=O)c1cn[nH]n1. The van der Waals surface area contributed by atoms with Crippen molar-refractivity contribution in [3.05, 3.63) is 36.2 Å². The predicted molar refractivity (Wildman–Crippen MR) is 57.3 cm³/mol. The molecule has 0 aliphatic rings.